The van der Waals surface area contributed by atoms with Gasteiger partial charge < -0.3 is 14.3 Å². The molecule has 0 bridgehead atoms. The summed E-state index contributed by atoms with van der Waals surface area (Å²) in [5.74, 6) is 0. The van der Waals surface area contributed by atoms with E-state index in [1.165, 1.54) is 10.9 Å². The van der Waals surface area contributed by atoms with Gasteiger partial charge in [-0.15, -0.1) is 0 Å². The summed E-state index contributed by atoms with van der Waals surface area (Å²) in [5, 5.41) is 10.8. The topological polar surface area (TPSA) is 77.5 Å². The molecule has 3 rings (SSSR count). The Morgan fingerprint density at radius 3 is 2.91 bits per heavy atom. The van der Waals surface area contributed by atoms with E-state index in [1.807, 2.05) is 32.0 Å². The number of aliphatic hydroxyl groups is 1. The van der Waals surface area contributed by atoms with Gasteiger partial charge in [0.05, 0.1) is 31.7 Å². The van der Waals surface area contributed by atoms with Gasteiger partial charge in [-0.25, -0.2) is 4.98 Å². The number of fused-ring (bicyclic) bond motifs is 3. The Morgan fingerprint density at radius 1 is 1.36 bits per heavy atom. The molecule has 2 aromatic heterocycles. The van der Waals surface area contributed by atoms with E-state index in [0.717, 1.165) is 5.39 Å². The van der Waals surface area contributed by atoms with Crippen LogP contribution in [0.1, 0.15) is 13.8 Å². The minimum Gasteiger partial charge on any atom is -0.448 e. The Morgan fingerprint density at radius 2 is 2.14 bits per heavy atom. The van der Waals surface area contributed by atoms with Crippen LogP contribution in [0.3, 0.4) is 0 Å². The lowest BCUT2D eigenvalue weighted by molar-refractivity contribution is -0.00114. The number of para-hydroxylation sites is 1. The number of ether oxygens (including phenoxy) is 1. The van der Waals surface area contributed by atoms with E-state index >= 15 is 0 Å². The smallest absolute Gasteiger partial charge is 0.297 e. The van der Waals surface area contributed by atoms with Gasteiger partial charge in [0.1, 0.15) is 11.1 Å². The monoisotopic (exact) mass is 302 g/mol. The molecule has 2 heterocycles. The first-order valence-corrected chi connectivity index (χ1v) is 7.22. The molecule has 3 aromatic rings. The standard InChI is InChI=1S/C16H18N2O4/c1-10(2)21-8-11(19)7-18-9-17-14-12-5-3-4-6-13(12)22-15(14)16(18)20/h3-6,9-11,19H,7-8H2,1-2H3. The zero-order chi connectivity index (χ0) is 15.7. The molecule has 0 radical (unpaired) electrons. The lowest BCUT2D eigenvalue weighted by Crippen LogP contribution is -2.30. The molecular weight excluding hydrogens is 284 g/mol. The molecule has 0 saturated heterocycles. The minimum atomic E-state index is -0.774. The van der Waals surface area contributed by atoms with Gasteiger partial charge in [-0.2, -0.15) is 0 Å². The van der Waals surface area contributed by atoms with Crippen LogP contribution in [0, 0.1) is 0 Å². The molecule has 6 nitrogen and oxygen atoms in total. The van der Waals surface area contributed by atoms with Crippen molar-refractivity contribution < 1.29 is 14.3 Å². The highest BCUT2D eigenvalue weighted by atomic mass is 16.5. The van der Waals surface area contributed by atoms with Gasteiger partial charge >= 0.3 is 0 Å². The second-order valence-corrected chi connectivity index (χ2v) is 5.51. The summed E-state index contributed by atoms with van der Waals surface area (Å²) < 4.78 is 12.3. The second kappa shape index (κ2) is 5.90. The number of hydrogen-bond acceptors (Lipinski definition) is 5. The maximum Gasteiger partial charge on any atom is 0.297 e. The molecule has 0 saturated carbocycles. The van der Waals surface area contributed by atoms with E-state index in [4.69, 9.17) is 9.15 Å². The summed E-state index contributed by atoms with van der Waals surface area (Å²) in [7, 11) is 0. The van der Waals surface area contributed by atoms with Crippen LogP contribution in [-0.4, -0.2) is 33.5 Å². The van der Waals surface area contributed by atoms with E-state index in [9.17, 15) is 9.90 Å². The Hall–Kier alpha value is -2.18. The second-order valence-electron chi connectivity index (χ2n) is 5.51. The van der Waals surface area contributed by atoms with Gasteiger partial charge in [-0.1, -0.05) is 12.1 Å². The van der Waals surface area contributed by atoms with Crippen molar-refractivity contribution in [2.75, 3.05) is 6.61 Å². The summed E-state index contributed by atoms with van der Waals surface area (Å²) >= 11 is 0. The van der Waals surface area contributed by atoms with Crippen LogP contribution in [0.4, 0.5) is 0 Å². The Labute approximate surface area is 126 Å². The molecule has 1 unspecified atom stereocenters. The highest BCUT2D eigenvalue weighted by molar-refractivity contribution is 6.01. The fraction of sp³-hybridized carbons (Fsp3) is 0.375. The van der Waals surface area contributed by atoms with E-state index in [-0.39, 0.29) is 30.4 Å². The Kier molecular flexibility index (Phi) is 3.96. The summed E-state index contributed by atoms with van der Waals surface area (Å²) in [6.45, 7) is 4.07. The maximum absolute atomic E-state index is 12.4. The first kappa shape index (κ1) is 14.7. The van der Waals surface area contributed by atoms with Crippen molar-refractivity contribution in [1.82, 2.24) is 9.55 Å². The number of aromatic nitrogens is 2. The van der Waals surface area contributed by atoms with Crippen molar-refractivity contribution in [3.63, 3.8) is 0 Å². The van der Waals surface area contributed by atoms with Crippen molar-refractivity contribution in [2.24, 2.45) is 0 Å². The molecule has 1 atom stereocenters. The van der Waals surface area contributed by atoms with Gasteiger partial charge in [0.15, 0.2) is 0 Å². The summed E-state index contributed by atoms with van der Waals surface area (Å²) in [6, 6.07) is 7.38. The number of furan rings is 1. The molecule has 0 amide bonds. The third-order valence-corrected chi connectivity index (χ3v) is 3.38. The lowest BCUT2D eigenvalue weighted by atomic mass is 10.2. The molecule has 1 aromatic carbocycles. The van der Waals surface area contributed by atoms with Crippen LogP contribution < -0.4 is 5.56 Å². The average Bonchev–Trinajstić information content (AvgIpc) is 2.87. The van der Waals surface area contributed by atoms with Crippen molar-refractivity contribution in [3.05, 3.63) is 40.9 Å². The highest BCUT2D eigenvalue weighted by Crippen LogP contribution is 2.23. The maximum atomic E-state index is 12.4. The van der Waals surface area contributed by atoms with Crippen molar-refractivity contribution >= 4 is 22.1 Å². The number of aliphatic hydroxyl groups excluding tert-OH is 1. The van der Waals surface area contributed by atoms with E-state index in [0.29, 0.717) is 11.1 Å². The van der Waals surface area contributed by atoms with Gasteiger partial charge in [0, 0.05) is 5.39 Å². The normalized spacial score (nSPS) is 13.3. The molecule has 22 heavy (non-hydrogen) atoms. The lowest BCUT2D eigenvalue weighted by Gasteiger charge is -2.14. The fourth-order valence-corrected chi connectivity index (χ4v) is 2.33. The number of rotatable bonds is 5. The minimum absolute atomic E-state index is 0.0300. The Bertz CT molecular complexity index is 850. The summed E-state index contributed by atoms with van der Waals surface area (Å²) in [4.78, 5) is 16.7. The van der Waals surface area contributed by atoms with E-state index < -0.39 is 6.10 Å². The number of hydrogen-bond donors (Lipinski definition) is 1. The number of nitrogens with zero attached hydrogens (tertiary/aromatic N) is 2. The third-order valence-electron chi connectivity index (χ3n) is 3.38. The Balaban J connectivity index is 1.93. The average molecular weight is 302 g/mol. The first-order chi connectivity index (χ1) is 10.6. The van der Waals surface area contributed by atoms with Crippen LogP contribution in [0.5, 0.6) is 0 Å². The summed E-state index contributed by atoms with van der Waals surface area (Å²) in [6.07, 6.45) is 0.691. The molecule has 0 aliphatic carbocycles. The largest absolute Gasteiger partial charge is 0.448 e. The molecule has 116 valence electrons. The molecule has 0 fully saturated rings. The van der Waals surface area contributed by atoms with Crippen LogP contribution in [0.15, 0.2) is 39.8 Å². The quantitative estimate of drug-likeness (QED) is 0.779. The van der Waals surface area contributed by atoms with Crippen molar-refractivity contribution in [1.29, 1.82) is 0 Å². The van der Waals surface area contributed by atoms with Crippen molar-refractivity contribution in [3.8, 4) is 0 Å². The molecule has 1 N–H and O–H groups in total. The first-order valence-electron chi connectivity index (χ1n) is 7.22. The highest BCUT2D eigenvalue weighted by Gasteiger charge is 2.15. The molecule has 0 aliphatic rings. The molecule has 6 heteroatoms. The van der Waals surface area contributed by atoms with Gasteiger partial charge in [-0.05, 0) is 26.0 Å². The van der Waals surface area contributed by atoms with Gasteiger partial charge in [-0.3, -0.25) is 9.36 Å². The van der Waals surface area contributed by atoms with E-state index in [2.05, 4.69) is 4.98 Å². The van der Waals surface area contributed by atoms with Gasteiger partial charge in [0.2, 0.25) is 5.58 Å². The fourth-order valence-electron chi connectivity index (χ4n) is 2.33. The van der Waals surface area contributed by atoms with Crippen LogP contribution in [0.25, 0.3) is 22.1 Å². The van der Waals surface area contributed by atoms with Crippen LogP contribution in [-0.2, 0) is 11.3 Å². The predicted molar refractivity (Wildman–Crippen MR) is 82.9 cm³/mol. The van der Waals surface area contributed by atoms with Gasteiger partial charge in [0.25, 0.3) is 5.56 Å². The van der Waals surface area contributed by atoms with Crippen LogP contribution >= 0.6 is 0 Å². The SMILES string of the molecule is CC(C)OCC(O)Cn1cnc2c(oc3ccccc32)c1=O. The molecular formula is C16H18N2O4. The summed E-state index contributed by atoms with van der Waals surface area (Å²) in [5.41, 5.74) is 1.08. The number of benzene rings is 1. The molecule has 0 aliphatic heterocycles. The van der Waals surface area contributed by atoms with Crippen molar-refractivity contribution in [2.45, 2.75) is 32.6 Å². The predicted octanol–water partition coefficient (Wildman–Crippen LogP) is 1.93. The van der Waals surface area contributed by atoms with Crippen LogP contribution in [0.2, 0.25) is 0 Å². The van der Waals surface area contributed by atoms with E-state index in [1.54, 1.807) is 6.07 Å². The third kappa shape index (κ3) is 2.75. The zero-order valence-electron chi connectivity index (χ0n) is 12.5. The zero-order valence-corrected chi connectivity index (χ0v) is 12.5. The molecule has 0 spiro atoms.